The van der Waals surface area contributed by atoms with E-state index in [4.69, 9.17) is 9.47 Å². The van der Waals surface area contributed by atoms with Crippen molar-refractivity contribution in [2.75, 3.05) is 31.0 Å². The molecule has 2 amide bonds. The van der Waals surface area contributed by atoms with E-state index < -0.39 is 15.9 Å². The van der Waals surface area contributed by atoms with Gasteiger partial charge in [0.1, 0.15) is 11.5 Å². The lowest BCUT2D eigenvalue weighted by atomic mass is 10.2. The highest BCUT2D eigenvalue weighted by Crippen LogP contribution is 2.28. The number of hydrogen-bond donors (Lipinski definition) is 2. The lowest BCUT2D eigenvalue weighted by Gasteiger charge is -2.14. The average molecular weight is 314 g/mol. The lowest BCUT2D eigenvalue weighted by Crippen LogP contribution is -2.38. The van der Waals surface area contributed by atoms with Crippen molar-refractivity contribution < 1.29 is 22.7 Å². The number of anilines is 1. The molecule has 0 bridgehead atoms. The fourth-order valence-electron chi connectivity index (χ4n) is 2.16. The molecule has 0 aliphatic carbocycles. The summed E-state index contributed by atoms with van der Waals surface area (Å²) in [6, 6.07) is 4.19. The predicted octanol–water partition coefficient (Wildman–Crippen LogP) is 1.01. The van der Waals surface area contributed by atoms with Gasteiger partial charge in [-0.3, -0.25) is 0 Å². The van der Waals surface area contributed by atoms with Gasteiger partial charge in [0, 0.05) is 12.1 Å². The zero-order valence-electron chi connectivity index (χ0n) is 11.9. The van der Waals surface area contributed by atoms with Crippen molar-refractivity contribution in [1.82, 2.24) is 5.32 Å². The van der Waals surface area contributed by atoms with E-state index in [9.17, 15) is 13.2 Å². The van der Waals surface area contributed by atoms with Crippen LogP contribution in [0.3, 0.4) is 0 Å². The minimum Gasteiger partial charge on any atom is -0.497 e. The number of ether oxygens (including phenoxy) is 2. The van der Waals surface area contributed by atoms with E-state index in [-0.39, 0.29) is 17.5 Å². The first-order valence-electron chi connectivity index (χ1n) is 6.43. The first kappa shape index (κ1) is 15.4. The van der Waals surface area contributed by atoms with Crippen LogP contribution in [0.1, 0.15) is 6.42 Å². The highest BCUT2D eigenvalue weighted by atomic mass is 32.2. The van der Waals surface area contributed by atoms with E-state index in [1.165, 1.54) is 14.2 Å². The van der Waals surface area contributed by atoms with Gasteiger partial charge in [-0.15, -0.1) is 0 Å². The van der Waals surface area contributed by atoms with E-state index in [2.05, 4.69) is 10.6 Å². The molecule has 1 aromatic carbocycles. The fourth-order valence-corrected chi connectivity index (χ4v) is 3.84. The third kappa shape index (κ3) is 4.01. The molecule has 0 aromatic heterocycles. The van der Waals surface area contributed by atoms with Crippen LogP contribution in [0, 0.1) is 0 Å². The Bertz CT molecular complexity index is 629. The van der Waals surface area contributed by atoms with Gasteiger partial charge in [-0.2, -0.15) is 0 Å². The molecule has 2 N–H and O–H groups in total. The van der Waals surface area contributed by atoms with Crippen LogP contribution in [0.2, 0.25) is 0 Å². The standard InChI is InChI=1S/C13H18N2O5S/c1-19-10-3-4-12(20-2)11(7-10)15-13(16)14-9-5-6-21(17,18)8-9/h3-4,7,9H,5-6,8H2,1-2H3,(H2,14,15,16). The minimum absolute atomic E-state index is 0.0182. The number of carbonyl (C=O) groups excluding carboxylic acids is 1. The Labute approximate surface area is 123 Å². The number of hydrogen-bond acceptors (Lipinski definition) is 5. The zero-order chi connectivity index (χ0) is 15.5. The summed E-state index contributed by atoms with van der Waals surface area (Å²) in [7, 11) is -0.00728. The van der Waals surface area contributed by atoms with Crippen LogP contribution in [0.25, 0.3) is 0 Å². The first-order valence-corrected chi connectivity index (χ1v) is 8.25. The van der Waals surface area contributed by atoms with Crippen LogP contribution in [-0.2, 0) is 9.84 Å². The third-order valence-corrected chi connectivity index (χ3v) is 4.99. The van der Waals surface area contributed by atoms with Crippen molar-refractivity contribution in [3.05, 3.63) is 18.2 Å². The molecule has 1 saturated heterocycles. The van der Waals surface area contributed by atoms with Gasteiger partial charge < -0.3 is 20.1 Å². The largest absolute Gasteiger partial charge is 0.497 e. The van der Waals surface area contributed by atoms with Crippen LogP contribution in [0.15, 0.2) is 18.2 Å². The molecule has 2 rings (SSSR count). The molecular formula is C13H18N2O5S. The van der Waals surface area contributed by atoms with E-state index in [0.29, 0.717) is 23.6 Å². The Balaban J connectivity index is 2.02. The molecule has 0 radical (unpaired) electrons. The number of nitrogens with one attached hydrogen (secondary N) is 2. The number of carbonyl (C=O) groups is 1. The van der Waals surface area contributed by atoms with E-state index in [0.717, 1.165) is 0 Å². The SMILES string of the molecule is COc1ccc(OC)c(NC(=O)NC2CCS(=O)(=O)C2)c1. The van der Waals surface area contributed by atoms with Crippen molar-refractivity contribution in [2.45, 2.75) is 12.5 Å². The van der Waals surface area contributed by atoms with Crippen LogP contribution < -0.4 is 20.1 Å². The summed E-state index contributed by atoms with van der Waals surface area (Å²) in [5.74, 6) is 1.16. The van der Waals surface area contributed by atoms with Crippen molar-refractivity contribution in [3.63, 3.8) is 0 Å². The van der Waals surface area contributed by atoms with Crippen molar-refractivity contribution in [1.29, 1.82) is 0 Å². The molecule has 7 nitrogen and oxygen atoms in total. The smallest absolute Gasteiger partial charge is 0.319 e. The zero-order valence-corrected chi connectivity index (χ0v) is 12.7. The van der Waals surface area contributed by atoms with E-state index >= 15 is 0 Å². The second kappa shape index (κ2) is 6.21. The second-order valence-corrected chi connectivity index (χ2v) is 6.99. The topological polar surface area (TPSA) is 93.7 Å². The Hall–Kier alpha value is -1.96. The molecule has 1 aliphatic rings. The van der Waals surface area contributed by atoms with Crippen molar-refractivity contribution in [3.8, 4) is 11.5 Å². The summed E-state index contributed by atoms with van der Waals surface area (Å²) in [5.41, 5.74) is 0.454. The Morgan fingerprint density at radius 2 is 2.05 bits per heavy atom. The summed E-state index contributed by atoms with van der Waals surface area (Å²) in [5, 5.41) is 5.29. The average Bonchev–Trinajstić information content (AvgIpc) is 2.77. The molecule has 0 saturated carbocycles. The van der Waals surface area contributed by atoms with Crippen LogP contribution in [-0.4, -0.2) is 46.2 Å². The molecule has 8 heteroatoms. The Morgan fingerprint density at radius 1 is 1.29 bits per heavy atom. The second-order valence-electron chi connectivity index (χ2n) is 4.76. The number of sulfone groups is 1. The summed E-state index contributed by atoms with van der Waals surface area (Å²) < 4.78 is 33.0. The molecule has 1 heterocycles. The van der Waals surface area contributed by atoms with Crippen molar-refractivity contribution >= 4 is 21.6 Å². The normalized spacial score (nSPS) is 19.8. The van der Waals surface area contributed by atoms with Gasteiger partial charge in [-0.05, 0) is 18.6 Å². The number of rotatable bonds is 4. The van der Waals surface area contributed by atoms with Gasteiger partial charge in [0.25, 0.3) is 0 Å². The number of amides is 2. The summed E-state index contributed by atoms with van der Waals surface area (Å²) in [6.07, 6.45) is 0.436. The van der Waals surface area contributed by atoms with Gasteiger partial charge in [-0.25, -0.2) is 13.2 Å². The van der Waals surface area contributed by atoms with Gasteiger partial charge in [0.15, 0.2) is 9.84 Å². The van der Waals surface area contributed by atoms with Gasteiger partial charge in [0.05, 0.1) is 31.4 Å². The maximum atomic E-state index is 11.9. The lowest BCUT2D eigenvalue weighted by molar-refractivity contribution is 0.249. The molecular weight excluding hydrogens is 296 g/mol. The van der Waals surface area contributed by atoms with Gasteiger partial charge in [-0.1, -0.05) is 0 Å². The monoisotopic (exact) mass is 314 g/mol. The molecule has 1 fully saturated rings. The Morgan fingerprint density at radius 3 is 2.62 bits per heavy atom. The van der Waals surface area contributed by atoms with Crippen molar-refractivity contribution in [2.24, 2.45) is 0 Å². The third-order valence-electron chi connectivity index (χ3n) is 3.22. The van der Waals surface area contributed by atoms with E-state index in [1.807, 2.05) is 0 Å². The molecule has 0 spiro atoms. The van der Waals surface area contributed by atoms with Crippen LogP contribution in [0.5, 0.6) is 11.5 Å². The quantitative estimate of drug-likeness (QED) is 0.865. The highest BCUT2D eigenvalue weighted by Gasteiger charge is 2.29. The molecule has 1 aromatic rings. The van der Waals surface area contributed by atoms with E-state index in [1.54, 1.807) is 18.2 Å². The fraction of sp³-hybridized carbons (Fsp3) is 0.462. The van der Waals surface area contributed by atoms with Gasteiger partial charge in [0.2, 0.25) is 0 Å². The molecule has 1 unspecified atom stereocenters. The number of benzene rings is 1. The molecule has 21 heavy (non-hydrogen) atoms. The molecule has 1 atom stereocenters. The predicted molar refractivity (Wildman–Crippen MR) is 78.8 cm³/mol. The minimum atomic E-state index is -3.02. The van der Waals surface area contributed by atoms with Crippen LogP contribution >= 0.6 is 0 Å². The molecule has 1 aliphatic heterocycles. The first-order chi connectivity index (χ1) is 9.93. The highest BCUT2D eigenvalue weighted by molar-refractivity contribution is 7.91. The maximum Gasteiger partial charge on any atom is 0.319 e. The number of methoxy groups -OCH3 is 2. The summed E-state index contributed by atoms with van der Waals surface area (Å²) in [6.45, 7) is 0. The Kier molecular flexibility index (Phi) is 4.56. The van der Waals surface area contributed by atoms with Gasteiger partial charge >= 0.3 is 6.03 Å². The number of urea groups is 1. The summed E-state index contributed by atoms with van der Waals surface area (Å²) >= 11 is 0. The summed E-state index contributed by atoms with van der Waals surface area (Å²) in [4.78, 5) is 11.9. The molecule has 116 valence electrons. The van der Waals surface area contributed by atoms with Crippen LogP contribution in [0.4, 0.5) is 10.5 Å². The maximum absolute atomic E-state index is 11.9.